The van der Waals surface area contributed by atoms with Crippen molar-refractivity contribution in [1.82, 2.24) is 15.1 Å². The second-order valence-electron chi connectivity index (χ2n) is 9.70. The molecule has 0 bridgehead atoms. The molecule has 1 saturated carbocycles. The lowest BCUT2D eigenvalue weighted by atomic mass is 9.90. The van der Waals surface area contributed by atoms with E-state index < -0.39 is 11.6 Å². The van der Waals surface area contributed by atoms with Gasteiger partial charge in [-0.3, -0.25) is 4.98 Å². The highest BCUT2D eigenvalue weighted by Crippen LogP contribution is 2.46. The largest absolute Gasteiger partial charge is 0.471 e. The molecule has 9 nitrogen and oxygen atoms in total. The first-order valence-electron chi connectivity index (χ1n) is 12.4. The number of aliphatic hydroxyl groups is 1. The maximum atomic E-state index is 11.8. The number of carbonyl (C=O) groups excluding carboxylic acids is 1. The fraction of sp³-hybridized carbons (Fsp3) is 0.286. The van der Waals surface area contributed by atoms with Gasteiger partial charge in [-0.2, -0.15) is 0 Å². The van der Waals surface area contributed by atoms with Crippen LogP contribution >= 0.6 is 23.2 Å². The number of rotatable bonds is 8. The van der Waals surface area contributed by atoms with Crippen molar-refractivity contribution in [3.8, 4) is 17.1 Å². The number of nitrogens with zero attached hydrogens (tertiary/aromatic N) is 4. The van der Waals surface area contributed by atoms with E-state index in [2.05, 4.69) is 15.1 Å². The summed E-state index contributed by atoms with van der Waals surface area (Å²) in [5.74, 6) is 0.949. The molecular formula is C28H24Cl2N4O5. The van der Waals surface area contributed by atoms with E-state index in [4.69, 9.17) is 37.2 Å². The summed E-state index contributed by atoms with van der Waals surface area (Å²) >= 11 is 12.9. The molecule has 0 radical (unpaired) electrons. The quantitative estimate of drug-likeness (QED) is 0.280. The minimum Gasteiger partial charge on any atom is -0.471 e. The maximum Gasteiger partial charge on any atom is 0.337 e. The average Bonchev–Trinajstić information content (AvgIpc) is 3.70. The molecule has 0 unspecified atom stereocenters. The third-order valence-corrected chi connectivity index (χ3v) is 7.60. The monoisotopic (exact) mass is 566 g/mol. The van der Waals surface area contributed by atoms with Crippen LogP contribution in [-0.4, -0.2) is 46.4 Å². The molecule has 1 N–H and O–H groups in total. The number of anilines is 1. The molecule has 3 heterocycles. The summed E-state index contributed by atoms with van der Waals surface area (Å²) in [6.45, 7) is 0.759. The second kappa shape index (κ2) is 10.1. The fourth-order valence-corrected chi connectivity index (χ4v) is 5.28. The van der Waals surface area contributed by atoms with Gasteiger partial charge in [0, 0.05) is 17.2 Å². The molecule has 2 fully saturated rings. The van der Waals surface area contributed by atoms with Crippen LogP contribution in [0.2, 0.25) is 10.0 Å². The SMILES string of the molecule is COC(=O)c1cccc(N2CC(O)(c3cnc(OCc4c(-c5c(Cl)cccc5Cl)noc4C4CC4)cn3)C2)c1. The van der Waals surface area contributed by atoms with Gasteiger partial charge in [0.05, 0.1) is 59.5 Å². The van der Waals surface area contributed by atoms with Crippen molar-refractivity contribution >= 4 is 34.9 Å². The summed E-state index contributed by atoms with van der Waals surface area (Å²) in [5, 5.41) is 16.3. The van der Waals surface area contributed by atoms with Crippen molar-refractivity contribution in [3.05, 3.63) is 87.5 Å². The van der Waals surface area contributed by atoms with Gasteiger partial charge in [0.15, 0.2) is 0 Å². The normalized spacial score (nSPS) is 16.1. The topological polar surface area (TPSA) is 111 Å². The van der Waals surface area contributed by atoms with Gasteiger partial charge in [-0.05, 0) is 43.2 Å². The lowest BCUT2D eigenvalue weighted by molar-refractivity contribution is 0.00291. The van der Waals surface area contributed by atoms with Crippen LogP contribution in [0.3, 0.4) is 0 Å². The number of aromatic nitrogens is 3. The maximum absolute atomic E-state index is 11.8. The molecule has 6 rings (SSSR count). The van der Waals surface area contributed by atoms with Crippen molar-refractivity contribution < 1.29 is 23.9 Å². The molecule has 39 heavy (non-hydrogen) atoms. The Balaban J connectivity index is 1.15. The molecule has 2 aromatic heterocycles. The Morgan fingerprint density at radius 2 is 1.87 bits per heavy atom. The smallest absolute Gasteiger partial charge is 0.337 e. The van der Waals surface area contributed by atoms with Gasteiger partial charge >= 0.3 is 5.97 Å². The number of benzene rings is 2. The van der Waals surface area contributed by atoms with Gasteiger partial charge < -0.3 is 24.0 Å². The van der Waals surface area contributed by atoms with Crippen LogP contribution in [0, 0.1) is 0 Å². The predicted octanol–water partition coefficient (Wildman–Crippen LogP) is 5.39. The number of carbonyl (C=O) groups is 1. The van der Waals surface area contributed by atoms with Gasteiger partial charge in [0.1, 0.15) is 23.7 Å². The first-order valence-corrected chi connectivity index (χ1v) is 13.2. The van der Waals surface area contributed by atoms with E-state index in [9.17, 15) is 9.90 Å². The summed E-state index contributed by atoms with van der Waals surface area (Å²) in [5.41, 5.74) is 2.45. The number of β-amino-alcohol motifs (C(OH)–C–C–N with tert-alkyl or cyclic N) is 1. The molecule has 4 aromatic rings. The Kier molecular flexibility index (Phi) is 6.66. The van der Waals surface area contributed by atoms with Crippen molar-refractivity contribution in [3.63, 3.8) is 0 Å². The molecule has 2 aliphatic rings. The zero-order chi connectivity index (χ0) is 27.1. The van der Waals surface area contributed by atoms with E-state index >= 15 is 0 Å². The molecule has 1 aliphatic heterocycles. The fourth-order valence-electron chi connectivity index (χ4n) is 4.70. The third kappa shape index (κ3) is 4.93. The van der Waals surface area contributed by atoms with Crippen LogP contribution in [0.4, 0.5) is 5.69 Å². The van der Waals surface area contributed by atoms with E-state index in [-0.39, 0.29) is 6.61 Å². The molecule has 1 aliphatic carbocycles. The Morgan fingerprint density at radius 3 is 2.54 bits per heavy atom. The third-order valence-electron chi connectivity index (χ3n) is 6.97. The second-order valence-corrected chi connectivity index (χ2v) is 10.5. The average molecular weight is 567 g/mol. The molecule has 11 heteroatoms. The number of halogens is 2. The first-order chi connectivity index (χ1) is 18.9. The molecule has 1 saturated heterocycles. The standard InChI is InChI=1S/C28H24Cl2N4O5/c1-37-27(35)17-4-2-5-18(10-17)34-14-28(36,15-34)22-11-32-23(12-31-22)38-13-19-25(33-39-26(19)16-8-9-16)24-20(29)6-3-7-21(24)30/h2-7,10-12,16,36H,8-9,13-15H2,1H3. The van der Waals surface area contributed by atoms with Crippen LogP contribution < -0.4 is 9.64 Å². The van der Waals surface area contributed by atoms with Gasteiger partial charge in [0.2, 0.25) is 5.88 Å². The number of methoxy groups -OCH3 is 1. The van der Waals surface area contributed by atoms with E-state index in [0.29, 0.717) is 57.4 Å². The highest BCUT2D eigenvalue weighted by atomic mass is 35.5. The lowest BCUT2D eigenvalue weighted by Gasteiger charge is -2.47. The minimum atomic E-state index is -1.17. The lowest BCUT2D eigenvalue weighted by Crippen LogP contribution is -2.60. The Bertz CT molecular complexity index is 1510. The molecule has 200 valence electrons. The van der Waals surface area contributed by atoms with Crippen LogP contribution in [-0.2, 0) is 16.9 Å². The molecular weight excluding hydrogens is 543 g/mol. The summed E-state index contributed by atoms with van der Waals surface area (Å²) < 4.78 is 16.4. The van der Waals surface area contributed by atoms with E-state index in [0.717, 1.165) is 29.9 Å². The highest BCUT2D eigenvalue weighted by Gasteiger charge is 2.44. The summed E-state index contributed by atoms with van der Waals surface area (Å²) in [7, 11) is 1.34. The van der Waals surface area contributed by atoms with Crippen molar-refractivity contribution in [2.75, 3.05) is 25.1 Å². The zero-order valence-electron chi connectivity index (χ0n) is 20.9. The van der Waals surface area contributed by atoms with Crippen LogP contribution in [0.1, 0.15) is 46.1 Å². The first kappa shape index (κ1) is 25.6. The molecule has 2 aromatic carbocycles. The zero-order valence-corrected chi connectivity index (χ0v) is 22.4. The molecule has 0 spiro atoms. The summed E-state index contributed by atoms with van der Waals surface area (Å²) in [6.07, 6.45) is 5.04. The minimum absolute atomic E-state index is 0.148. The molecule has 0 amide bonds. The Morgan fingerprint density at radius 1 is 1.13 bits per heavy atom. The van der Waals surface area contributed by atoms with E-state index in [1.165, 1.54) is 19.5 Å². The van der Waals surface area contributed by atoms with Gasteiger partial charge in [-0.1, -0.05) is 40.5 Å². The van der Waals surface area contributed by atoms with Crippen molar-refractivity contribution in [2.45, 2.75) is 31.0 Å². The molecule has 0 atom stereocenters. The Hall–Kier alpha value is -3.66. The highest BCUT2D eigenvalue weighted by molar-refractivity contribution is 6.39. The van der Waals surface area contributed by atoms with Crippen molar-refractivity contribution in [1.29, 1.82) is 0 Å². The number of ether oxygens (including phenoxy) is 2. The number of hydrogen-bond donors (Lipinski definition) is 1. The van der Waals surface area contributed by atoms with Crippen molar-refractivity contribution in [2.24, 2.45) is 0 Å². The predicted molar refractivity (Wildman–Crippen MR) is 144 cm³/mol. The summed E-state index contributed by atoms with van der Waals surface area (Å²) in [6, 6.07) is 12.4. The summed E-state index contributed by atoms with van der Waals surface area (Å²) in [4.78, 5) is 22.6. The van der Waals surface area contributed by atoms with Crippen LogP contribution in [0.15, 0.2) is 59.4 Å². The van der Waals surface area contributed by atoms with Crippen LogP contribution in [0.25, 0.3) is 11.3 Å². The van der Waals surface area contributed by atoms with Gasteiger partial charge in [-0.15, -0.1) is 0 Å². The van der Waals surface area contributed by atoms with Crippen LogP contribution in [0.5, 0.6) is 5.88 Å². The van der Waals surface area contributed by atoms with E-state index in [1.54, 1.807) is 36.4 Å². The van der Waals surface area contributed by atoms with Gasteiger partial charge in [-0.25, -0.2) is 9.78 Å². The number of hydrogen-bond acceptors (Lipinski definition) is 9. The van der Waals surface area contributed by atoms with E-state index in [1.807, 2.05) is 11.0 Å². The van der Waals surface area contributed by atoms with Gasteiger partial charge in [0.25, 0.3) is 0 Å². The number of esters is 1. The Labute approximate surface area is 234 Å².